The summed E-state index contributed by atoms with van der Waals surface area (Å²) in [5, 5.41) is 6.57. The predicted octanol–water partition coefficient (Wildman–Crippen LogP) is 2.25. The fourth-order valence-corrected chi connectivity index (χ4v) is 3.10. The first-order valence-corrected chi connectivity index (χ1v) is 10.5. The normalized spacial score (nSPS) is 17.5. The molecule has 4 N–H and O–H groups in total. The Balaban J connectivity index is 0.000000885. The van der Waals surface area contributed by atoms with Crippen molar-refractivity contribution in [2.24, 2.45) is 18.7 Å². The maximum atomic E-state index is 12.7. The minimum Gasteiger partial charge on any atom is -0.541 e. The summed E-state index contributed by atoms with van der Waals surface area (Å²) in [7, 11) is 1.82. The number of amides is 2. The van der Waals surface area contributed by atoms with Crippen molar-refractivity contribution in [1.29, 1.82) is 0 Å². The van der Waals surface area contributed by atoms with Crippen LogP contribution in [0.4, 0.5) is 0 Å². The number of unbranched alkanes of at least 4 members (excludes halogenated alkanes) is 1. The maximum Gasteiger partial charge on any atom is 2.00 e. The van der Waals surface area contributed by atoms with Crippen molar-refractivity contribution in [1.82, 2.24) is 15.2 Å². The first kappa shape index (κ1) is 27.0. The van der Waals surface area contributed by atoms with Crippen LogP contribution in [0.25, 0.3) is 10.9 Å². The third kappa shape index (κ3) is 7.55. The first-order chi connectivity index (χ1) is 14.5. The number of nitrogens with two attached hydrogens (primary N) is 1. The smallest absolute Gasteiger partial charge is 0.541 e. The largest absolute Gasteiger partial charge is 2.00 e. The second kappa shape index (κ2) is 13.4. The standard InChI is InChI=1S/C19H23N4O3.C4H9.Os/c1-23-16-7-3-2-5-12(16)10-17(23)19(26)21-14(6-4-8-20)18(25)22-15-9-13(15)11-24;1-3-4-2;/h2-3,5,7,10,13-15H,4,6,8-9,20H2,1H3,(H,21,26)(H,22,25);1,3-4H2,2H3;/q2*-1;+2. The summed E-state index contributed by atoms with van der Waals surface area (Å²) in [6.45, 7) is 6.15. The Labute approximate surface area is 197 Å². The van der Waals surface area contributed by atoms with E-state index in [4.69, 9.17) is 5.73 Å². The summed E-state index contributed by atoms with van der Waals surface area (Å²) in [6, 6.07) is 8.66. The quantitative estimate of drug-likeness (QED) is 0.383. The van der Waals surface area contributed by atoms with Crippen LogP contribution in [0, 0.1) is 12.8 Å². The van der Waals surface area contributed by atoms with E-state index in [0.29, 0.717) is 31.5 Å². The van der Waals surface area contributed by atoms with Crippen molar-refractivity contribution in [2.45, 2.75) is 51.1 Å². The van der Waals surface area contributed by atoms with E-state index in [0.717, 1.165) is 17.3 Å². The van der Waals surface area contributed by atoms with Crippen molar-refractivity contribution in [3.63, 3.8) is 0 Å². The number of nitrogens with one attached hydrogen (secondary N) is 2. The van der Waals surface area contributed by atoms with Crippen LogP contribution in [0.3, 0.4) is 0 Å². The Morgan fingerprint density at radius 2 is 2.03 bits per heavy atom. The number of para-hydroxylation sites is 1. The topological polar surface area (TPSA) is 106 Å². The number of hydrogen-bond acceptors (Lipinski definition) is 4. The van der Waals surface area contributed by atoms with Gasteiger partial charge in [-0.05, 0) is 31.5 Å². The number of aromatic nitrogens is 1. The zero-order chi connectivity index (χ0) is 22.1. The molecule has 0 bridgehead atoms. The number of aryl methyl sites for hydroxylation is 1. The summed E-state index contributed by atoms with van der Waals surface area (Å²) in [4.78, 5) is 35.8. The van der Waals surface area contributed by atoms with Crippen molar-refractivity contribution >= 4 is 29.0 Å². The van der Waals surface area contributed by atoms with E-state index < -0.39 is 6.04 Å². The molecule has 1 saturated carbocycles. The van der Waals surface area contributed by atoms with Gasteiger partial charge in [-0.3, -0.25) is 15.9 Å². The van der Waals surface area contributed by atoms with Crippen molar-refractivity contribution in [3.05, 3.63) is 42.9 Å². The van der Waals surface area contributed by atoms with E-state index in [1.54, 1.807) is 10.6 Å². The zero-order valence-corrected chi connectivity index (χ0v) is 20.7. The minimum absolute atomic E-state index is 0. The Morgan fingerprint density at radius 3 is 2.58 bits per heavy atom. The molecule has 0 spiro atoms. The molecule has 2 amide bonds. The van der Waals surface area contributed by atoms with E-state index in [9.17, 15) is 14.4 Å². The summed E-state index contributed by atoms with van der Waals surface area (Å²) >= 11 is 0. The molecule has 3 unspecified atom stereocenters. The molecule has 1 aromatic heterocycles. The summed E-state index contributed by atoms with van der Waals surface area (Å²) < 4.78 is 1.81. The van der Waals surface area contributed by atoms with Crippen molar-refractivity contribution < 1.29 is 34.2 Å². The molecule has 3 atom stereocenters. The number of carbonyl (C=O) groups is 2. The van der Waals surface area contributed by atoms with Gasteiger partial charge in [0.05, 0.1) is 0 Å². The van der Waals surface area contributed by atoms with E-state index in [1.165, 1.54) is 6.42 Å². The average Bonchev–Trinajstić information content (AvgIpc) is 3.43. The summed E-state index contributed by atoms with van der Waals surface area (Å²) in [6.07, 6.45) is 5.83. The van der Waals surface area contributed by atoms with Gasteiger partial charge >= 0.3 is 19.8 Å². The molecule has 1 aliphatic carbocycles. The fourth-order valence-electron chi connectivity index (χ4n) is 3.10. The van der Waals surface area contributed by atoms with Crippen LogP contribution < -0.4 is 16.4 Å². The SMILES string of the molecule is Cn1c(C(=O)NC(CCCN)C(=O)NC2CC2[C-]=O)cc2ccccc21.[CH2-]CCC.[Os+2]. The molecule has 1 aliphatic rings. The number of benzene rings is 1. The van der Waals surface area contributed by atoms with Gasteiger partial charge in [-0.2, -0.15) is 6.42 Å². The fraction of sp³-hybridized carbons (Fsp3) is 0.478. The van der Waals surface area contributed by atoms with Crippen LogP contribution in [-0.2, 0) is 36.4 Å². The van der Waals surface area contributed by atoms with E-state index in [1.807, 2.05) is 37.6 Å². The van der Waals surface area contributed by atoms with E-state index >= 15 is 0 Å². The maximum absolute atomic E-state index is 12.7. The zero-order valence-electron chi connectivity index (χ0n) is 18.2. The van der Waals surface area contributed by atoms with E-state index in [2.05, 4.69) is 24.5 Å². The van der Waals surface area contributed by atoms with Gasteiger partial charge in [0.25, 0.3) is 5.91 Å². The van der Waals surface area contributed by atoms with Crippen molar-refractivity contribution in [2.75, 3.05) is 6.54 Å². The number of fused-ring (bicyclic) bond motifs is 1. The monoisotopic (exact) mass is 604 g/mol. The van der Waals surface area contributed by atoms with Crippen LogP contribution in [0.1, 0.15) is 49.5 Å². The molecule has 2 aromatic rings. The van der Waals surface area contributed by atoms with Gasteiger partial charge in [-0.25, -0.2) is 0 Å². The summed E-state index contributed by atoms with van der Waals surface area (Å²) in [5.41, 5.74) is 6.99. The van der Waals surface area contributed by atoms with Gasteiger partial charge in [0.2, 0.25) is 5.91 Å². The molecule has 8 heteroatoms. The second-order valence-electron chi connectivity index (χ2n) is 7.53. The number of carbonyl (C=O) groups excluding carboxylic acids is 3. The Hall–Kier alpha value is -2.03. The minimum atomic E-state index is -0.683. The molecule has 0 aliphatic heterocycles. The number of nitrogens with zero attached hydrogens (tertiary/aromatic N) is 1. The first-order valence-electron chi connectivity index (χ1n) is 10.5. The molecule has 1 fully saturated rings. The summed E-state index contributed by atoms with van der Waals surface area (Å²) in [5.74, 6) is -0.827. The van der Waals surface area contributed by atoms with Gasteiger partial charge in [0.15, 0.2) is 0 Å². The third-order valence-electron chi connectivity index (χ3n) is 5.13. The molecular formula is C23H32N4O3Os. The molecule has 170 valence electrons. The predicted molar refractivity (Wildman–Crippen MR) is 118 cm³/mol. The van der Waals surface area contributed by atoms with Gasteiger partial charge in [0.1, 0.15) is 11.7 Å². The van der Waals surface area contributed by atoms with Crippen LogP contribution in [0.2, 0.25) is 0 Å². The Kier molecular flexibility index (Phi) is 11.7. The molecule has 3 rings (SSSR count). The Bertz CT molecular complexity index is 866. The van der Waals surface area contributed by atoms with Gasteiger partial charge in [0, 0.05) is 24.0 Å². The average molecular weight is 603 g/mol. The molecular weight excluding hydrogens is 571 g/mol. The molecule has 7 nitrogen and oxygen atoms in total. The van der Waals surface area contributed by atoms with Gasteiger partial charge in [-0.15, -0.1) is 5.92 Å². The second-order valence-corrected chi connectivity index (χ2v) is 7.53. The van der Waals surface area contributed by atoms with Crippen LogP contribution in [0.5, 0.6) is 0 Å². The third-order valence-corrected chi connectivity index (χ3v) is 5.13. The molecule has 31 heavy (non-hydrogen) atoms. The van der Waals surface area contributed by atoms with Crippen molar-refractivity contribution in [3.8, 4) is 0 Å². The Morgan fingerprint density at radius 1 is 1.35 bits per heavy atom. The van der Waals surface area contributed by atoms with Gasteiger partial charge in [-0.1, -0.05) is 38.0 Å². The van der Waals surface area contributed by atoms with Crippen LogP contribution in [0.15, 0.2) is 30.3 Å². The molecule has 0 radical (unpaired) electrons. The number of hydrogen-bond donors (Lipinski definition) is 3. The van der Waals surface area contributed by atoms with Gasteiger partial charge < -0.3 is 32.7 Å². The number of rotatable bonds is 9. The van der Waals surface area contributed by atoms with Crippen LogP contribution in [-0.4, -0.2) is 41.3 Å². The molecule has 1 aromatic carbocycles. The molecule has 1 heterocycles. The van der Waals surface area contributed by atoms with E-state index in [-0.39, 0.29) is 43.6 Å². The molecule has 0 saturated heterocycles. The van der Waals surface area contributed by atoms with Crippen LogP contribution >= 0.6 is 0 Å².